The number of rotatable bonds is 4. The van der Waals surface area contributed by atoms with Crippen LogP contribution in [0.5, 0.6) is 0 Å². The maximum absolute atomic E-state index is 13.2. The summed E-state index contributed by atoms with van der Waals surface area (Å²) in [5.74, 6) is 1.45. The van der Waals surface area contributed by atoms with Crippen molar-refractivity contribution in [1.82, 2.24) is 10.3 Å². The molecule has 1 aliphatic carbocycles. The first-order chi connectivity index (χ1) is 14.0. The van der Waals surface area contributed by atoms with Crippen molar-refractivity contribution in [3.8, 4) is 0 Å². The van der Waals surface area contributed by atoms with Crippen LogP contribution in [-0.4, -0.2) is 16.9 Å². The van der Waals surface area contributed by atoms with Crippen LogP contribution in [0.15, 0.2) is 48.5 Å². The summed E-state index contributed by atoms with van der Waals surface area (Å²) in [4.78, 5) is 17.9. The quantitative estimate of drug-likeness (QED) is 0.586. The SMILES string of the molecule is Cc1ccc(Nc2cc(C(=O)NC3CCC(C)CC3)c3ccccc3n2)c(C)c1. The first kappa shape index (κ1) is 19.4. The molecule has 0 spiro atoms. The molecule has 4 nitrogen and oxygen atoms in total. The fourth-order valence-corrected chi connectivity index (χ4v) is 4.19. The molecule has 3 aromatic rings. The number of para-hydroxylation sites is 1. The summed E-state index contributed by atoms with van der Waals surface area (Å²) in [5, 5.41) is 7.56. The molecule has 4 heteroatoms. The fraction of sp³-hybridized carbons (Fsp3) is 0.360. The summed E-state index contributed by atoms with van der Waals surface area (Å²) in [6.45, 7) is 6.45. The minimum atomic E-state index is -0.00756. The lowest BCUT2D eigenvalue weighted by molar-refractivity contribution is 0.0924. The van der Waals surface area contributed by atoms with Gasteiger partial charge in [0.2, 0.25) is 0 Å². The molecule has 1 aromatic heterocycles. The summed E-state index contributed by atoms with van der Waals surface area (Å²) in [7, 11) is 0. The zero-order chi connectivity index (χ0) is 20.4. The van der Waals surface area contributed by atoms with Gasteiger partial charge in [-0.1, -0.05) is 42.8 Å². The van der Waals surface area contributed by atoms with E-state index in [1.807, 2.05) is 30.3 Å². The third kappa shape index (κ3) is 4.42. The van der Waals surface area contributed by atoms with E-state index in [1.54, 1.807) is 0 Å². The van der Waals surface area contributed by atoms with Gasteiger partial charge in [0.1, 0.15) is 5.82 Å². The van der Waals surface area contributed by atoms with Crippen molar-refractivity contribution in [2.45, 2.75) is 52.5 Å². The second-order valence-electron chi connectivity index (χ2n) is 8.45. The van der Waals surface area contributed by atoms with E-state index >= 15 is 0 Å². The van der Waals surface area contributed by atoms with Crippen molar-refractivity contribution in [2.75, 3.05) is 5.32 Å². The van der Waals surface area contributed by atoms with Crippen LogP contribution in [0.4, 0.5) is 11.5 Å². The number of carbonyl (C=O) groups excluding carboxylic acids is 1. The highest BCUT2D eigenvalue weighted by Crippen LogP contribution is 2.27. The van der Waals surface area contributed by atoms with Crippen molar-refractivity contribution in [1.29, 1.82) is 0 Å². The first-order valence-corrected chi connectivity index (χ1v) is 10.5. The Balaban J connectivity index is 1.64. The van der Waals surface area contributed by atoms with Crippen molar-refractivity contribution >= 4 is 28.3 Å². The fourth-order valence-electron chi connectivity index (χ4n) is 4.19. The van der Waals surface area contributed by atoms with Gasteiger partial charge in [-0.05, 0) is 69.2 Å². The number of anilines is 2. The molecule has 1 aliphatic rings. The number of hydrogen-bond donors (Lipinski definition) is 2. The molecular formula is C25H29N3O. The van der Waals surface area contributed by atoms with Gasteiger partial charge in [0.15, 0.2) is 0 Å². The largest absolute Gasteiger partial charge is 0.349 e. The first-order valence-electron chi connectivity index (χ1n) is 10.5. The Morgan fingerprint density at radius 2 is 1.76 bits per heavy atom. The molecule has 1 saturated carbocycles. The van der Waals surface area contributed by atoms with Gasteiger partial charge < -0.3 is 10.6 Å². The van der Waals surface area contributed by atoms with E-state index < -0.39 is 0 Å². The van der Waals surface area contributed by atoms with Crippen LogP contribution in [0.2, 0.25) is 0 Å². The smallest absolute Gasteiger partial charge is 0.252 e. The number of pyridine rings is 1. The molecule has 1 heterocycles. The van der Waals surface area contributed by atoms with E-state index in [2.05, 4.69) is 49.6 Å². The molecule has 0 radical (unpaired) electrons. The number of amides is 1. The summed E-state index contributed by atoms with van der Waals surface area (Å²) in [6, 6.07) is 16.3. The molecule has 0 unspecified atom stereocenters. The average molecular weight is 388 g/mol. The van der Waals surface area contributed by atoms with E-state index in [0.29, 0.717) is 11.4 Å². The molecule has 1 fully saturated rings. The Morgan fingerprint density at radius 1 is 1.00 bits per heavy atom. The van der Waals surface area contributed by atoms with Crippen molar-refractivity contribution in [2.24, 2.45) is 5.92 Å². The molecule has 0 atom stereocenters. The van der Waals surface area contributed by atoms with E-state index in [0.717, 1.165) is 40.9 Å². The Kier molecular flexibility index (Phi) is 5.52. The second kappa shape index (κ2) is 8.24. The number of carbonyl (C=O) groups is 1. The van der Waals surface area contributed by atoms with E-state index in [9.17, 15) is 4.79 Å². The molecule has 4 rings (SSSR count). The maximum atomic E-state index is 13.2. The average Bonchev–Trinajstić information content (AvgIpc) is 2.71. The van der Waals surface area contributed by atoms with Crippen LogP contribution in [0.3, 0.4) is 0 Å². The van der Waals surface area contributed by atoms with Crippen molar-refractivity contribution in [3.05, 3.63) is 65.2 Å². The van der Waals surface area contributed by atoms with Gasteiger partial charge in [0, 0.05) is 17.1 Å². The van der Waals surface area contributed by atoms with Crippen LogP contribution in [0.1, 0.15) is 54.1 Å². The predicted molar refractivity (Wildman–Crippen MR) is 120 cm³/mol. The van der Waals surface area contributed by atoms with Gasteiger partial charge in [0.25, 0.3) is 5.91 Å². The highest BCUT2D eigenvalue weighted by atomic mass is 16.1. The number of nitrogens with one attached hydrogen (secondary N) is 2. The Morgan fingerprint density at radius 3 is 2.52 bits per heavy atom. The predicted octanol–water partition coefficient (Wildman–Crippen LogP) is 5.90. The topological polar surface area (TPSA) is 54.0 Å². The molecule has 0 saturated heterocycles. The number of benzene rings is 2. The normalized spacial score (nSPS) is 19.1. The third-order valence-corrected chi connectivity index (χ3v) is 5.96. The Bertz CT molecular complexity index is 1040. The maximum Gasteiger partial charge on any atom is 0.252 e. The van der Waals surface area contributed by atoms with E-state index in [4.69, 9.17) is 4.98 Å². The summed E-state index contributed by atoms with van der Waals surface area (Å²) in [5.41, 5.74) is 4.89. The lowest BCUT2D eigenvalue weighted by atomic mass is 9.87. The molecule has 0 aliphatic heterocycles. The Hall–Kier alpha value is -2.88. The van der Waals surface area contributed by atoms with Crippen LogP contribution >= 0.6 is 0 Å². The monoisotopic (exact) mass is 387 g/mol. The zero-order valence-electron chi connectivity index (χ0n) is 17.5. The van der Waals surface area contributed by atoms with Gasteiger partial charge in [0.05, 0.1) is 11.1 Å². The number of aryl methyl sites for hydroxylation is 2. The third-order valence-electron chi connectivity index (χ3n) is 5.96. The minimum Gasteiger partial charge on any atom is -0.349 e. The van der Waals surface area contributed by atoms with Crippen LogP contribution in [0.25, 0.3) is 10.9 Å². The number of hydrogen-bond acceptors (Lipinski definition) is 3. The van der Waals surface area contributed by atoms with Gasteiger partial charge >= 0.3 is 0 Å². The highest BCUT2D eigenvalue weighted by Gasteiger charge is 2.21. The molecule has 150 valence electrons. The Labute approximate surface area is 172 Å². The lowest BCUT2D eigenvalue weighted by Gasteiger charge is -2.27. The van der Waals surface area contributed by atoms with Crippen LogP contribution < -0.4 is 10.6 Å². The molecular weight excluding hydrogens is 358 g/mol. The van der Waals surface area contributed by atoms with E-state index in [-0.39, 0.29) is 11.9 Å². The number of fused-ring (bicyclic) bond motifs is 1. The summed E-state index contributed by atoms with van der Waals surface area (Å²) in [6.07, 6.45) is 4.48. The summed E-state index contributed by atoms with van der Waals surface area (Å²) < 4.78 is 0. The van der Waals surface area contributed by atoms with Gasteiger partial charge in [-0.25, -0.2) is 4.98 Å². The van der Waals surface area contributed by atoms with Crippen LogP contribution in [0, 0.1) is 19.8 Å². The summed E-state index contributed by atoms with van der Waals surface area (Å²) >= 11 is 0. The van der Waals surface area contributed by atoms with Gasteiger partial charge in [-0.2, -0.15) is 0 Å². The molecule has 1 amide bonds. The second-order valence-corrected chi connectivity index (χ2v) is 8.45. The number of nitrogens with zero attached hydrogens (tertiary/aromatic N) is 1. The minimum absolute atomic E-state index is 0.00756. The van der Waals surface area contributed by atoms with Crippen LogP contribution in [-0.2, 0) is 0 Å². The highest BCUT2D eigenvalue weighted by molar-refractivity contribution is 6.07. The standard InChI is InChI=1S/C25H29N3O/c1-16-8-11-19(12-9-16)26-25(29)21-15-24(28-23-7-5-4-6-20(21)23)27-22-13-10-17(2)14-18(22)3/h4-7,10,13-16,19H,8-9,11-12H2,1-3H3,(H,26,29)(H,27,28). The zero-order valence-corrected chi connectivity index (χ0v) is 17.5. The molecule has 2 N–H and O–H groups in total. The lowest BCUT2D eigenvalue weighted by Crippen LogP contribution is -2.37. The van der Waals surface area contributed by atoms with Crippen molar-refractivity contribution in [3.63, 3.8) is 0 Å². The van der Waals surface area contributed by atoms with E-state index in [1.165, 1.54) is 18.4 Å². The number of aromatic nitrogens is 1. The molecule has 2 aromatic carbocycles. The molecule has 29 heavy (non-hydrogen) atoms. The van der Waals surface area contributed by atoms with Crippen molar-refractivity contribution < 1.29 is 4.79 Å². The molecule has 0 bridgehead atoms. The van der Waals surface area contributed by atoms with Gasteiger partial charge in [-0.15, -0.1) is 0 Å². The van der Waals surface area contributed by atoms with Gasteiger partial charge in [-0.3, -0.25) is 4.79 Å².